The molecule has 1 heterocycles. The van der Waals surface area contributed by atoms with Crippen LogP contribution in [0.15, 0.2) is 29.3 Å². The summed E-state index contributed by atoms with van der Waals surface area (Å²) in [5, 5.41) is 6.67. The van der Waals surface area contributed by atoms with Crippen molar-refractivity contribution in [3.63, 3.8) is 0 Å². The highest BCUT2D eigenvalue weighted by atomic mass is 16.5. The van der Waals surface area contributed by atoms with Gasteiger partial charge >= 0.3 is 0 Å². The fourth-order valence-electron chi connectivity index (χ4n) is 2.61. The maximum atomic E-state index is 5.67. The lowest BCUT2D eigenvalue weighted by Gasteiger charge is -2.15. The van der Waals surface area contributed by atoms with E-state index < -0.39 is 0 Å². The number of hydrogen-bond acceptors (Lipinski definition) is 3. The maximum absolute atomic E-state index is 5.67. The van der Waals surface area contributed by atoms with Crippen molar-refractivity contribution in [2.75, 3.05) is 19.7 Å². The van der Waals surface area contributed by atoms with Crippen LogP contribution in [-0.2, 0) is 22.6 Å². The summed E-state index contributed by atoms with van der Waals surface area (Å²) in [5.41, 5.74) is 2.38. The number of rotatable bonds is 8. The average Bonchev–Trinajstić information content (AvgIpc) is 3.09. The van der Waals surface area contributed by atoms with Gasteiger partial charge in [-0.1, -0.05) is 24.3 Å². The van der Waals surface area contributed by atoms with Gasteiger partial charge in [0.2, 0.25) is 0 Å². The summed E-state index contributed by atoms with van der Waals surface area (Å²) in [6.45, 7) is 10.0. The van der Waals surface area contributed by atoms with Gasteiger partial charge in [0.15, 0.2) is 5.96 Å². The van der Waals surface area contributed by atoms with Crippen LogP contribution in [0.4, 0.5) is 0 Å². The Morgan fingerprint density at radius 3 is 2.88 bits per heavy atom. The summed E-state index contributed by atoms with van der Waals surface area (Å²) in [6, 6.07) is 8.43. The van der Waals surface area contributed by atoms with E-state index in [0.29, 0.717) is 19.3 Å². The smallest absolute Gasteiger partial charge is 0.191 e. The number of ether oxygens (including phenoxy) is 2. The summed E-state index contributed by atoms with van der Waals surface area (Å²) in [5.74, 6) is 0.844. The third-order valence-electron chi connectivity index (χ3n) is 3.86. The molecule has 0 bridgehead atoms. The molecule has 134 valence electrons. The van der Waals surface area contributed by atoms with Gasteiger partial charge in [-0.2, -0.15) is 0 Å². The molecule has 1 aromatic rings. The van der Waals surface area contributed by atoms with Gasteiger partial charge in [0.1, 0.15) is 0 Å². The molecule has 1 aliphatic heterocycles. The minimum Gasteiger partial charge on any atom is -0.376 e. The van der Waals surface area contributed by atoms with Crippen LogP contribution in [0.1, 0.15) is 44.7 Å². The molecular formula is C19H31N3O2. The summed E-state index contributed by atoms with van der Waals surface area (Å²) < 4.78 is 11.3. The Bertz CT molecular complexity index is 511. The minimum absolute atomic E-state index is 0.244. The molecule has 1 unspecified atom stereocenters. The molecule has 5 nitrogen and oxygen atoms in total. The zero-order valence-corrected chi connectivity index (χ0v) is 15.2. The van der Waals surface area contributed by atoms with Crippen molar-refractivity contribution in [1.82, 2.24) is 10.6 Å². The molecule has 0 aliphatic carbocycles. The highest BCUT2D eigenvalue weighted by Crippen LogP contribution is 2.11. The Labute approximate surface area is 145 Å². The van der Waals surface area contributed by atoms with Crippen LogP contribution in [0, 0.1) is 0 Å². The average molecular weight is 333 g/mol. The van der Waals surface area contributed by atoms with Crippen LogP contribution in [-0.4, -0.2) is 37.9 Å². The van der Waals surface area contributed by atoms with Crippen LogP contribution >= 0.6 is 0 Å². The molecular weight excluding hydrogens is 302 g/mol. The van der Waals surface area contributed by atoms with E-state index in [2.05, 4.69) is 60.7 Å². The summed E-state index contributed by atoms with van der Waals surface area (Å²) in [6.07, 6.45) is 2.84. The lowest BCUT2D eigenvalue weighted by atomic mass is 10.1. The van der Waals surface area contributed by atoms with Gasteiger partial charge in [-0.05, 0) is 44.7 Å². The molecule has 0 amide bonds. The van der Waals surface area contributed by atoms with E-state index in [-0.39, 0.29) is 6.10 Å². The van der Waals surface area contributed by atoms with Crippen molar-refractivity contribution in [2.45, 2.75) is 59.0 Å². The second-order valence-corrected chi connectivity index (χ2v) is 6.39. The molecule has 1 saturated heterocycles. The van der Waals surface area contributed by atoms with Crippen molar-refractivity contribution in [2.24, 2.45) is 4.99 Å². The molecule has 0 spiro atoms. The van der Waals surface area contributed by atoms with E-state index in [1.807, 2.05) is 0 Å². The van der Waals surface area contributed by atoms with Crippen LogP contribution in [0.2, 0.25) is 0 Å². The molecule has 0 aromatic heterocycles. The van der Waals surface area contributed by atoms with E-state index in [0.717, 1.165) is 38.5 Å². The van der Waals surface area contributed by atoms with Crippen molar-refractivity contribution in [3.8, 4) is 0 Å². The van der Waals surface area contributed by atoms with Crippen molar-refractivity contribution in [1.29, 1.82) is 0 Å². The van der Waals surface area contributed by atoms with E-state index >= 15 is 0 Å². The standard InChI is InChI=1S/C19H31N3O2/c1-4-20-19(22-13-18-9-6-10-23-18)21-12-16-7-5-8-17(11-16)14-24-15(2)3/h5,7-8,11,15,18H,4,6,9-10,12-14H2,1-3H3,(H2,20,21,22). The Hall–Kier alpha value is -1.59. The Morgan fingerprint density at radius 2 is 2.17 bits per heavy atom. The SMILES string of the molecule is CCNC(=NCc1cccc(COC(C)C)c1)NCC1CCCO1. The summed E-state index contributed by atoms with van der Waals surface area (Å²) >= 11 is 0. The van der Waals surface area contributed by atoms with E-state index in [1.165, 1.54) is 11.1 Å². The highest BCUT2D eigenvalue weighted by molar-refractivity contribution is 5.79. The first-order valence-corrected chi connectivity index (χ1v) is 9.00. The predicted octanol–water partition coefficient (Wildman–Crippen LogP) is 2.85. The van der Waals surface area contributed by atoms with E-state index in [1.54, 1.807) is 0 Å². The van der Waals surface area contributed by atoms with E-state index in [9.17, 15) is 0 Å². The third kappa shape index (κ3) is 6.89. The molecule has 1 fully saturated rings. The monoisotopic (exact) mass is 333 g/mol. The highest BCUT2D eigenvalue weighted by Gasteiger charge is 2.15. The Morgan fingerprint density at radius 1 is 1.33 bits per heavy atom. The predicted molar refractivity (Wildman–Crippen MR) is 98.2 cm³/mol. The topological polar surface area (TPSA) is 54.9 Å². The second kappa shape index (κ2) is 10.3. The number of nitrogens with one attached hydrogen (secondary N) is 2. The van der Waals surface area contributed by atoms with Crippen molar-refractivity contribution >= 4 is 5.96 Å². The summed E-state index contributed by atoms with van der Waals surface area (Å²) in [4.78, 5) is 4.68. The molecule has 2 N–H and O–H groups in total. The molecule has 0 radical (unpaired) electrons. The number of hydrogen-bond donors (Lipinski definition) is 2. The lowest BCUT2D eigenvalue weighted by Crippen LogP contribution is -2.41. The number of benzene rings is 1. The first kappa shape index (κ1) is 18.7. The van der Waals surface area contributed by atoms with Crippen molar-refractivity contribution < 1.29 is 9.47 Å². The number of aliphatic imine (C=N–C) groups is 1. The van der Waals surface area contributed by atoms with Gasteiger partial charge in [0.25, 0.3) is 0 Å². The quantitative estimate of drug-likeness (QED) is 0.567. The zero-order chi connectivity index (χ0) is 17.2. The van der Waals surface area contributed by atoms with Gasteiger partial charge < -0.3 is 20.1 Å². The van der Waals surface area contributed by atoms with Crippen molar-refractivity contribution in [3.05, 3.63) is 35.4 Å². The molecule has 1 aliphatic rings. The first-order chi connectivity index (χ1) is 11.7. The molecule has 0 saturated carbocycles. The minimum atomic E-state index is 0.244. The fraction of sp³-hybridized carbons (Fsp3) is 0.632. The van der Waals surface area contributed by atoms with Gasteiger partial charge in [-0.25, -0.2) is 4.99 Å². The molecule has 2 rings (SSSR count). The maximum Gasteiger partial charge on any atom is 0.191 e. The van der Waals surface area contributed by atoms with Gasteiger partial charge in [-0.15, -0.1) is 0 Å². The molecule has 5 heteroatoms. The van der Waals surface area contributed by atoms with Crippen LogP contribution in [0.5, 0.6) is 0 Å². The second-order valence-electron chi connectivity index (χ2n) is 6.39. The number of guanidine groups is 1. The van der Waals surface area contributed by atoms with Gasteiger partial charge in [0, 0.05) is 19.7 Å². The Balaban J connectivity index is 1.88. The van der Waals surface area contributed by atoms with Gasteiger partial charge in [-0.3, -0.25) is 0 Å². The first-order valence-electron chi connectivity index (χ1n) is 9.00. The van der Waals surface area contributed by atoms with Crippen LogP contribution in [0.25, 0.3) is 0 Å². The molecule has 1 aromatic carbocycles. The Kier molecular flexibility index (Phi) is 8.05. The largest absolute Gasteiger partial charge is 0.376 e. The summed E-state index contributed by atoms with van der Waals surface area (Å²) in [7, 11) is 0. The van der Waals surface area contributed by atoms with E-state index in [4.69, 9.17) is 9.47 Å². The zero-order valence-electron chi connectivity index (χ0n) is 15.2. The third-order valence-corrected chi connectivity index (χ3v) is 3.86. The van der Waals surface area contributed by atoms with Crippen LogP contribution in [0.3, 0.4) is 0 Å². The fourth-order valence-corrected chi connectivity index (χ4v) is 2.61. The normalized spacial score (nSPS) is 18.2. The molecule has 24 heavy (non-hydrogen) atoms. The number of nitrogens with zero attached hydrogens (tertiary/aromatic N) is 1. The van der Waals surface area contributed by atoms with Crippen LogP contribution < -0.4 is 10.6 Å². The molecule has 1 atom stereocenters. The lowest BCUT2D eigenvalue weighted by molar-refractivity contribution is 0.0657. The van der Waals surface area contributed by atoms with Gasteiger partial charge in [0.05, 0.1) is 25.4 Å².